The minimum absolute atomic E-state index is 0.482. The monoisotopic (exact) mass is 457 g/mol. The SMILES string of the molecule is COc1cc(Cl)ccc1OCCCc1oc(-n2ccnc2C)nc1-c1ccc(Cl)cc1. The Morgan fingerprint density at radius 1 is 1.03 bits per heavy atom. The number of methoxy groups -OCH3 is 1. The molecule has 0 saturated heterocycles. The van der Waals surface area contributed by atoms with Crippen molar-refractivity contribution in [1.82, 2.24) is 14.5 Å². The fourth-order valence-electron chi connectivity index (χ4n) is 3.20. The van der Waals surface area contributed by atoms with E-state index in [9.17, 15) is 0 Å². The Morgan fingerprint density at radius 3 is 2.52 bits per heavy atom. The van der Waals surface area contributed by atoms with E-state index in [1.54, 1.807) is 31.5 Å². The Morgan fingerprint density at radius 2 is 1.81 bits per heavy atom. The third-order valence-corrected chi connectivity index (χ3v) is 5.25. The lowest BCUT2D eigenvalue weighted by Gasteiger charge is -2.10. The normalized spacial score (nSPS) is 11.0. The van der Waals surface area contributed by atoms with Crippen LogP contribution in [0.25, 0.3) is 17.3 Å². The lowest BCUT2D eigenvalue weighted by atomic mass is 10.1. The molecule has 160 valence electrons. The van der Waals surface area contributed by atoms with Crippen LogP contribution in [0, 0.1) is 6.92 Å². The van der Waals surface area contributed by atoms with Crippen LogP contribution in [0.5, 0.6) is 11.5 Å². The zero-order valence-electron chi connectivity index (χ0n) is 17.1. The Kier molecular flexibility index (Phi) is 6.49. The zero-order valence-corrected chi connectivity index (χ0v) is 18.7. The first-order valence-corrected chi connectivity index (χ1v) is 10.5. The van der Waals surface area contributed by atoms with Gasteiger partial charge in [0.15, 0.2) is 11.5 Å². The molecule has 0 spiro atoms. The van der Waals surface area contributed by atoms with E-state index in [0.717, 1.165) is 29.3 Å². The van der Waals surface area contributed by atoms with Crippen molar-refractivity contribution < 1.29 is 13.9 Å². The van der Waals surface area contributed by atoms with Gasteiger partial charge in [-0.05, 0) is 37.6 Å². The summed E-state index contributed by atoms with van der Waals surface area (Å²) in [5.41, 5.74) is 1.72. The van der Waals surface area contributed by atoms with Crippen molar-refractivity contribution in [2.24, 2.45) is 0 Å². The van der Waals surface area contributed by atoms with E-state index in [-0.39, 0.29) is 0 Å². The van der Waals surface area contributed by atoms with Crippen molar-refractivity contribution in [3.05, 3.63) is 76.5 Å². The molecule has 2 aromatic carbocycles. The van der Waals surface area contributed by atoms with Gasteiger partial charge in [-0.1, -0.05) is 35.3 Å². The molecule has 0 aliphatic rings. The number of aryl methyl sites for hydroxylation is 2. The Balaban J connectivity index is 1.52. The summed E-state index contributed by atoms with van der Waals surface area (Å²) in [5.74, 6) is 2.83. The number of nitrogens with zero attached hydrogens (tertiary/aromatic N) is 3. The summed E-state index contributed by atoms with van der Waals surface area (Å²) in [5, 5.41) is 1.27. The predicted molar refractivity (Wildman–Crippen MR) is 121 cm³/mol. The van der Waals surface area contributed by atoms with E-state index in [0.29, 0.717) is 40.6 Å². The number of ether oxygens (including phenoxy) is 2. The van der Waals surface area contributed by atoms with Crippen molar-refractivity contribution in [2.75, 3.05) is 13.7 Å². The molecule has 0 N–H and O–H groups in total. The first-order valence-electron chi connectivity index (χ1n) is 9.77. The minimum atomic E-state index is 0.482. The van der Waals surface area contributed by atoms with Crippen molar-refractivity contribution in [1.29, 1.82) is 0 Å². The lowest BCUT2D eigenvalue weighted by molar-refractivity contribution is 0.286. The summed E-state index contributed by atoms with van der Waals surface area (Å²) < 4.78 is 19.1. The number of halogens is 2. The van der Waals surface area contributed by atoms with Crippen LogP contribution in [0.1, 0.15) is 18.0 Å². The maximum atomic E-state index is 6.12. The van der Waals surface area contributed by atoms with Gasteiger partial charge in [0.1, 0.15) is 17.3 Å². The average molecular weight is 458 g/mol. The highest BCUT2D eigenvalue weighted by molar-refractivity contribution is 6.31. The highest BCUT2D eigenvalue weighted by Gasteiger charge is 2.17. The van der Waals surface area contributed by atoms with E-state index in [2.05, 4.69) is 4.98 Å². The van der Waals surface area contributed by atoms with E-state index in [1.807, 2.05) is 42.0 Å². The molecule has 0 radical (unpaired) electrons. The van der Waals surface area contributed by atoms with Crippen LogP contribution in [-0.2, 0) is 6.42 Å². The van der Waals surface area contributed by atoms with Crippen molar-refractivity contribution in [2.45, 2.75) is 19.8 Å². The van der Waals surface area contributed by atoms with Gasteiger partial charge in [-0.25, -0.2) is 4.98 Å². The molecule has 0 aliphatic heterocycles. The van der Waals surface area contributed by atoms with Crippen LogP contribution >= 0.6 is 23.2 Å². The number of oxazole rings is 1. The fraction of sp³-hybridized carbons (Fsp3) is 0.217. The van der Waals surface area contributed by atoms with Crippen LogP contribution in [0.4, 0.5) is 0 Å². The van der Waals surface area contributed by atoms with Crippen LogP contribution in [-0.4, -0.2) is 28.3 Å². The molecule has 0 fully saturated rings. The van der Waals surface area contributed by atoms with Gasteiger partial charge in [-0.15, -0.1) is 0 Å². The molecule has 0 atom stereocenters. The van der Waals surface area contributed by atoms with Crippen LogP contribution in [0.2, 0.25) is 10.0 Å². The van der Waals surface area contributed by atoms with Crippen LogP contribution in [0.15, 0.2) is 59.3 Å². The summed E-state index contributed by atoms with van der Waals surface area (Å²) in [4.78, 5) is 8.98. The number of rotatable bonds is 8. The van der Waals surface area contributed by atoms with Gasteiger partial charge in [0.05, 0.1) is 13.7 Å². The molecule has 6 nitrogen and oxygen atoms in total. The van der Waals surface area contributed by atoms with Gasteiger partial charge in [-0.3, -0.25) is 4.57 Å². The summed E-state index contributed by atoms with van der Waals surface area (Å²) in [6.07, 6.45) is 4.92. The van der Waals surface area contributed by atoms with Crippen molar-refractivity contribution in [3.63, 3.8) is 0 Å². The van der Waals surface area contributed by atoms with Gasteiger partial charge in [0.2, 0.25) is 0 Å². The molecule has 0 aliphatic carbocycles. The molecule has 0 bridgehead atoms. The number of aromatic nitrogens is 3. The van der Waals surface area contributed by atoms with E-state index in [1.165, 1.54) is 0 Å². The van der Waals surface area contributed by atoms with Gasteiger partial charge in [0.25, 0.3) is 0 Å². The summed E-state index contributed by atoms with van der Waals surface area (Å²) in [6, 6.07) is 13.3. The number of imidazole rings is 1. The second-order valence-corrected chi connectivity index (χ2v) is 7.74. The molecule has 4 aromatic rings. The van der Waals surface area contributed by atoms with Gasteiger partial charge >= 0.3 is 6.01 Å². The maximum Gasteiger partial charge on any atom is 0.307 e. The highest BCUT2D eigenvalue weighted by Crippen LogP contribution is 2.31. The van der Waals surface area contributed by atoms with Gasteiger partial charge in [-0.2, -0.15) is 4.98 Å². The number of hydrogen-bond acceptors (Lipinski definition) is 5. The minimum Gasteiger partial charge on any atom is -0.493 e. The maximum absolute atomic E-state index is 6.12. The van der Waals surface area contributed by atoms with E-state index < -0.39 is 0 Å². The number of hydrogen-bond donors (Lipinski definition) is 0. The van der Waals surface area contributed by atoms with Crippen molar-refractivity contribution >= 4 is 23.2 Å². The summed E-state index contributed by atoms with van der Waals surface area (Å²) in [6.45, 7) is 2.39. The summed E-state index contributed by atoms with van der Waals surface area (Å²) >= 11 is 12.1. The lowest BCUT2D eigenvalue weighted by Crippen LogP contribution is -2.01. The third kappa shape index (κ3) is 4.86. The van der Waals surface area contributed by atoms with E-state index in [4.69, 9.17) is 42.1 Å². The Hall–Kier alpha value is -2.96. The van der Waals surface area contributed by atoms with Gasteiger partial charge in [0, 0.05) is 40.5 Å². The largest absolute Gasteiger partial charge is 0.493 e. The Labute approximate surface area is 190 Å². The molecule has 8 heteroatoms. The first kappa shape index (κ1) is 21.3. The molecular weight excluding hydrogens is 437 g/mol. The zero-order chi connectivity index (χ0) is 21.8. The topological polar surface area (TPSA) is 62.3 Å². The van der Waals surface area contributed by atoms with Gasteiger partial charge < -0.3 is 13.9 Å². The molecule has 0 saturated carbocycles. The average Bonchev–Trinajstić information content (AvgIpc) is 3.38. The molecule has 4 rings (SSSR count). The molecule has 31 heavy (non-hydrogen) atoms. The second-order valence-electron chi connectivity index (χ2n) is 6.87. The Bertz CT molecular complexity index is 1170. The fourth-order valence-corrected chi connectivity index (χ4v) is 3.49. The standard InChI is InChI=1S/C23H21Cl2N3O3/c1-15-26-11-12-28(15)23-27-22(16-5-7-17(24)8-6-16)20(31-23)4-3-13-30-19-10-9-18(25)14-21(19)29-2/h5-12,14H,3-4,13H2,1-2H3. The number of benzene rings is 2. The van der Waals surface area contributed by atoms with Crippen molar-refractivity contribution in [3.8, 4) is 28.8 Å². The molecular formula is C23H21Cl2N3O3. The first-order chi connectivity index (χ1) is 15.0. The van der Waals surface area contributed by atoms with E-state index >= 15 is 0 Å². The third-order valence-electron chi connectivity index (χ3n) is 4.77. The summed E-state index contributed by atoms with van der Waals surface area (Å²) in [7, 11) is 1.59. The molecule has 0 amide bonds. The molecule has 0 unspecified atom stereocenters. The second kappa shape index (κ2) is 9.45. The smallest absolute Gasteiger partial charge is 0.307 e. The van der Waals surface area contributed by atoms with Crippen LogP contribution < -0.4 is 9.47 Å². The predicted octanol–water partition coefficient (Wildman–Crippen LogP) is 6.16. The molecule has 2 heterocycles. The van der Waals surface area contributed by atoms with Crippen LogP contribution in [0.3, 0.4) is 0 Å². The molecule has 2 aromatic heterocycles. The highest BCUT2D eigenvalue weighted by atomic mass is 35.5. The quantitative estimate of drug-likeness (QED) is 0.296.